The van der Waals surface area contributed by atoms with Gasteiger partial charge in [-0.3, -0.25) is 0 Å². The molecule has 17 heavy (non-hydrogen) atoms. The van der Waals surface area contributed by atoms with Gasteiger partial charge in [0.2, 0.25) is 0 Å². The second-order valence-corrected chi connectivity index (χ2v) is 5.22. The molecule has 2 aromatic rings. The van der Waals surface area contributed by atoms with Crippen LogP contribution in [0, 0.1) is 0 Å². The van der Waals surface area contributed by atoms with Gasteiger partial charge in [0, 0.05) is 12.6 Å². The number of rotatable bonds is 4. The van der Waals surface area contributed by atoms with E-state index in [-0.39, 0.29) is 0 Å². The van der Waals surface area contributed by atoms with Crippen molar-refractivity contribution < 1.29 is 0 Å². The van der Waals surface area contributed by atoms with E-state index in [0.29, 0.717) is 6.04 Å². The van der Waals surface area contributed by atoms with Crippen molar-refractivity contribution in [3.05, 3.63) is 40.7 Å². The SMILES string of the molecule is Nc1ccc(N(Cc2ccsc2)C2CC2)nc1. The van der Waals surface area contributed by atoms with E-state index in [2.05, 4.69) is 26.7 Å². The van der Waals surface area contributed by atoms with Gasteiger partial charge in [-0.25, -0.2) is 4.98 Å². The highest BCUT2D eigenvalue weighted by molar-refractivity contribution is 7.07. The summed E-state index contributed by atoms with van der Waals surface area (Å²) >= 11 is 1.74. The van der Waals surface area contributed by atoms with Crippen LogP contribution in [0.3, 0.4) is 0 Å². The number of thiophene rings is 1. The van der Waals surface area contributed by atoms with E-state index < -0.39 is 0 Å². The average molecular weight is 245 g/mol. The Labute approximate surface area is 105 Å². The molecule has 0 atom stereocenters. The Bertz CT molecular complexity index is 474. The van der Waals surface area contributed by atoms with Crippen molar-refractivity contribution in [2.75, 3.05) is 10.6 Å². The molecule has 2 heterocycles. The molecule has 0 spiro atoms. The quantitative estimate of drug-likeness (QED) is 0.900. The van der Waals surface area contributed by atoms with Gasteiger partial charge in [-0.2, -0.15) is 11.3 Å². The highest BCUT2D eigenvalue weighted by Gasteiger charge is 2.29. The largest absolute Gasteiger partial charge is 0.397 e. The summed E-state index contributed by atoms with van der Waals surface area (Å²) in [4.78, 5) is 6.80. The Hall–Kier alpha value is -1.55. The number of hydrogen-bond acceptors (Lipinski definition) is 4. The van der Waals surface area contributed by atoms with Gasteiger partial charge < -0.3 is 10.6 Å². The zero-order valence-electron chi connectivity index (χ0n) is 9.54. The van der Waals surface area contributed by atoms with Gasteiger partial charge in [-0.1, -0.05) is 0 Å². The van der Waals surface area contributed by atoms with Crippen LogP contribution in [0.1, 0.15) is 18.4 Å². The van der Waals surface area contributed by atoms with E-state index in [4.69, 9.17) is 5.73 Å². The van der Waals surface area contributed by atoms with Crippen LogP contribution in [0.15, 0.2) is 35.2 Å². The number of pyridine rings is 1. The number of hydrogen-bond donors (Lipinski definition) is 1. The highest BCUT2D eigenvalue weighted by atomic mass is 32.1. The topological polar surface area (TPSA) is 42.1 Å². The van der Waals surface area contributed by atoms with Crippen LogP contribution in [-0.2, 0) is 6.54 Å². The molecule has 1 aliphatic rings. The summed E-state index contributed by atoms with van der Waals surface area (Å²) in [5, 5.41) is 4.32. The fourth-order valence-electron chi connectivity index (χ4n) is 1.93. The highest BCUT2D eigenvalue weighted by Crippen LogP contribution is 2.32. The van der Waals surface area contributed by atoms with Crippen LogP contribution >= 0.6 is 11.3 Å². The lowest BCUT2D eigenvalue weighted by Gasteiger charge is -2.23. The van der Waals surface area contributed by atoms with E-state index in [0.717, 1.165) is 18.1 Å². The molecule has 0 aromatic carbocycles. The number of anilines is 2. The van der Waals surface area contributed by atoms with Crippen molar-refractivity contribution >= 4 is 22.8 Å². The van der Waals surface area contributed by atoms with Gasteiger partial charge >= 0.3 is 0 Å². The van der Waals surface area contributed by atoms with Crippen molar-refractivity contribution in [3.63, 3.8) is 0 Å². The zero-order valence-corrected chi connectivity index (χ0v) is 10.4. The van der Waals surface area contributed by atoms with Crippen LogP contribution in [0.2, 0.25) is 0 Å². The van der Waals surface area contributed by atoms with Gasteiger partial charge in [-0.05, 0) is 47.4 Å². The summed E-state index contributed by atoms with van der Waals surface area (Å²) in [7, 11) is 0. The van der Waals surface area contributed by atoms with Crippen molar-refractivity contribution in [2.24, 2.45) is 0 Å². The molecule has 0 unspecified atom stereocenters. The summed E-state index contributed by atoms with van der Waals surface area (Å²) in [6.45, 7) is 0.949. The maximum Gasteiger partial charge on any atom is 0.129 e. The van der Waals surface area contributed by atoms with E-state index >= 15 is 0 Å². The van der Waals surface area contributed by atoms with Gasteiger partial charge in [-0.15, -0.1) is 0 Å². The van der Waals surface area contributed by atoms with Gasteiger partial charge in [0.1, 0.15) is 5.82 Å². The molecular formula is C13H15N3S. The third-order valence-electron chi connectivity index (χ3n) is 2.99. The maximum absolute atomic E-state index is 5.68. The molecule has 0 radical (unpaired) electrons. The Balaban J connectivity index is 1.82. The molecule has 1 saturated carbocycles. The van der Waals surface area contributed by atoms with Crippen molar-refractivity contribution in [2.45, 2.75) is 25.4 Å². The van der Waals surface area contributed by atoms with Crippen LogP contribution in [-0.4, -0.2) is 11.0 Å². The number of aromatic nitrogens is 1. The molecule has 1 fully saturated rings. The maximum atomic E-state index is 5.68. The minimum Gasteiger partial charge on any atom is -0.397 e. The predicted molar refractivity (Wildman–Crippen MR) is 72.2 cm³/mol. The smallest absolute Gasteiger partial charge is 0.129 e. The first-order chi connectivity index (χ1) is 8.33. The molecule has 88 valence electrons. The molecular weight excluding hydrogens is 230 g/mol. The summed E-state index contributed by atoms with van der Waals surface area (Å²) < 4.78 is 0. The standard InChI is InChI=1S/C13H15N3S/c14-11-1-4-13(15-7-11)16(12-2-3-12)8-10-5-6-17-9-10/h1,4-7,9,12H,2-3,8,14H2. The molecule has 2 N–H and O–H groups in total. The van der Waals surface area contributed by atoms with E-state index in [1.54, 1.807) is 17.5 Å². The molecule has 3 nitrogen and oxygen atoms in total. The molecule has 3 rings (SSSR count). The Morgan fingerprint density at radius 1 is 1.35 bits per heavy atom. The molecule has 0 bridgehead atoms. The van der Waals surface area contributed by atoms with Crippen molar-refractivity contribution in [1.29, 1.82) is 0 Å². The average Bonchev–Trinajstić information content (AvgIpc) is 3.05. The molecule has 0 amide bonds. The van der Waals surface area contributed by atoms with E-state index in [1.165, 1.54) is 18.4 Å². The second-order valence-electron chi connectivity index (χ2n) is 4.44. The van der Waals surface area contributed by atoms with E-state index in [9.17, 15) is 0 Å². The third-order valence-corrected chi connectivity index (χ3v) is 3.72. The molecule has 0 aliphatic heterocycles. The monoisotopic (exact) mass is 245 g/mol. The number of nitrogen functional groups attached to an aromatic ring is 1. The minimum absolute atomic E-state index is 0.658. The summed E-state index contributed by atoms with van der Waals surface area (Å²) in [6, 6.07) is 6.77. The van der Waals surface area contributed by atoms with Gasteiger partial charge in [0.25, 0.3) is 0 Å². The molecule has 1 aliphatic carbocycles. The van der Waals surface area contributed by atoms with Crippen LogP contribution in [0.5, 0.6) is 0 Å². The van der Waals surface area contributed by atoms with Gasteiger partial charge in [0.05, 0.1) is 11.9 Å². The Kier molecular flexibility index (Phi) is 2.73. The van der Waals surface area contributed by atoms with Crippen molar-refractivity contribution in [1.82, 2.24) is 4.98 Å². The number of nitrogens with zero attached hydrogens (tertiary/aromatic N) is 2. The first-order valence-corrected chi connectivity index (χ1v) is 6.76. The normalized spacial score (nSPS) is 14.8. The second kappa shape index (κ2) is 4.37. The van der Waals surface area contributed by atoms with Gasteiger partial charge in [0.15, 0.2) is 0 Å². The summed E-state index contributed by atoms with van der Waals surface area (Å²) in [6.07, 6.45) is 4.28. The lowest BCUT2D eigenvalue weighted by atomic mass is 10.3. The fourth-order valence-corrected chi connectivity index (χ4v) is 2.59. The lowest BCUT2D eigenvalue weighted by Crippen LogP contribution is -2.25. The Morgan fingerprint density at radius 2 is 2.24 bits per heavy atom. The molecule has 0 saturated heterocycles. The minimum atomic E-state index is 0.658. The van der Waals surface area contributed by atoms with Crippen LogP contribution in [0.4, 0.5) is 11.5 Å². The third kappa shape index (κ3) is 2.42. The summed E-state index contributed by atoms with van der Waals surface area (Å²) in [5.41, 5.74) is 7.76. The molecule has 2 aromatic heterocycles. The molecule has 4 heteroatoms. The fraction of sp³-hybridized carbons (Fsp3) is 0.308. The van der Waals surface area contributed by atoms with Crippen molar-refractivity contribution in [3.8, 4) is 0 Å². The first-order valence-electron chi connectivity index (χ1n) is 5.82. The van der Waals surface area contributed by atoms with Crippen LogP contribution in [0.25, 0.3) is 0 Å². The lowest BCUT2D eigenvalue weighted by molar-refractivity contribution is 0.780. The van der Waals surface area contributed by atoms with Crippen LogP contribution < -0.4 is 10.6 Å². The number of nitrogens with two attached hydrogens (primary N) is 1. The first kappa shape index (κ1) is 10.6. The Morgan fingerprint density at radius 3 is 2.82 bits per heavy atom. The summed E-state index contributed by atoms with van der Waals surface area (Å²) in [5.74, 6) is 1.04. The van der Waals surface area contributed by atoms with E-state index in [1.807, 2.05) is 12.1 Å². The zero-order chi connectivity index (χ0) is 11.7. The predicted octanol–water partition coefficient (Wildman–Crippen LogP) is 2.89.